The van der Waals surface area contributed by atoms with Crippen LogP contribution in [-0.4, -0.2) is 32.2 Å². The van der Waals surface area contributed by atoms with Gasteiger partial charge in [-0.05, 0) is 131 Å². The first kappa shape index (κ1) is 28.5. The number of rotatable bonds is 8. The zero-order valence-electron chi connectivity index (χ0n) is 25.4. The Morgan fingerprint density at radius 2 is 1.59 bits per heavy atom. The molecule has 1 heterocycles. The van der Waals surface area contributed by atoms with Crippen molar-refractivity contribution in [1.29, 1.82) is 0 Å². The van der Waals surface area contributed by atoms with Gasteiger partial charge in [0.05, 0.1) is 16.6 Å². The van der Waals surface area contributed by atoms with Crippen molar-refractivity contribution in [1.82, 2.24) is 9.88 Å². The quantitative estimate of drug-likeness (QED) is 0.318. The van der Waals surface area contributed by atoms with Gasteiger partial charge in [0.1, 0.15) is 0 Å². The molecule has 5 aliphatic carbocycles. The topological polar surface area (TPSA) is 91.6 Å². The van der Waals surface area contributed by atoms with Gasteiger partial charge >= 0.3 is 5.97 Å². The average Bonchev–Trinajstić information content (AvgIpc) is 3.63. The number of nitrogens with zero attached hydrogens (tertiary/aromatic N) is 1. The zero-order chi connectivity index (χ0) is 29.2. The molecule has 0 atom stereocenters. The van der Waals surface area contributed by atoms with Gasteiger partial charge < -0.3 is 20.1 Å². The highest BCUT2D eigenvalue weighted by molar-refractivity contribution is 5.97. The highest BCUT2D eigenvalue weighted by Crippen LogP contribution is 2.53. The molecule has 0 saturated heterocycles. The van der Waals surface area contributed by atoms with Crippen molar-refractivity contribution >= 4 is 11.9 Å². The molecule has 6 nitrogen and oxygen atoms in total. The summed E-state index contributed by atoms with van der Waals surface area (Å²) in [6.07, 6.45) is 12.7. The maximum Gasteiger partial charge on any atom is 0.309 e. The number of hydrogen-bond acceptors (Lipinski definition) is 3. The van der Waals surface area contributed by atoms with Crippen molar-refractivity contribution in [2.75, 3.05) is 0 Å². The van der Waals surface area contributed by atoms with Crippen LogP contribution in [0, 0.1) is 18.3 Å². The number of hydrogen-bond donors (Lipinski definition) is 3. The van der Waals surface area contributed by atoms with Gasteiger partial charge in [-0.15, -0.1) is 0 Å². The molecule has 5 saturated carbocycles. The third kappa shape index (κ3) is 5.26. The van der Waals surface area contributed by atoms with E-state index < -0.39 is 17.0 Å². The predicted molar refractivity (Wildman–Crippen MR) is 161 cm³/mol. The summed E-state index contributed by atoms with van der Waals surface area (Å²) < 4.78 is 2.38. The Labute approximate surface area is 244 Å². The van der Waals surface area contributed by atoms with E-state index in [0.717, 1.165) is 66.7 Å². The summed E-state index contributed by atoms with van der Waals surface area (Å²) in [7, 11) is 0. The van der Waals surface area contributed by atoms with E-state index in [4.69, 9.17) is 0 Å². The number of aliphatic hydroxyl groups is 1. The summed E-state index contributed by atoms with van der Waals surface area (Å²) in [6, 6.07) is 8.67. The lowest BCUT2D eigenvalue weighted by molar-refractivity contribution is -0.156. The van der Waals surface area contributed by atoms with Gasteiger partial charge in [-0.1, -0.05) is 32.3 Å². The second-order valence-electron chi connectivity index (χ2n) is 14.9. The van der Waals surface area contributed by atoms with Crippen LogP contribution in [-0.2, 0) is 22.4 Å². The van der Waals surface area contributed by atoms with E-state index in [2.05, 4.69) is 48.0 Å². The first-order chi connectivity index (χ1) is 19.3. The Hall–Kier alpha value is -2.60. The van der Waals surface area contributed by atoms with Crippen LogP contribution < -0.4 is 5.32 Å². The van der Waals surface area contributed by atoms with Crippen molar-refractivity contribution in [3.63, 3.8) is 0 Å². The summed E-state index contributed by atoms with van der Waals surface area (Å²) in [5, 5.41) is 24.3. The fraction of sp³-hybridized carbons (Fsp3) is 0.657. The summed E-state index contributed by atoms with van der Waals surface area (Å²) in [5.41, 5.74) is 4.33. The number of carboxylic acid groups (broad SMARTS) is 1. The Morgan fingerprint density at radius 3 is 2.15 bits per heavy atom. The number of carboxylic acids is 1. The lowest BCUT2D eigenvalue weighted by Crippen LogP contribution is -2.58. The maximum absolute atomic E-state index is 14.0. The molecule has 1 amide bonds. The van der Waals surface area contributed by atoms with E-state index in [0.29, 0.717) is 25.2 Å². The minimum atomic E-state index is -0.960. The molecule has 5 aliphatic rings. The summed E-state index contributed by atoms with van der Waals surface area (Å²) >= 11 is 0. The van der Waals surface area contributed by atoms with Gasteiger partial charge in [-0.2, -0.15) is 0 Å². The van der Waals surface area contributed by atoms with E-state index in [9.17, 15) is 19.8 Å². The van der Waals surface area contributed by atoms with Crippen LogP contribution >= 0.6 is 0 Å². The molecule has 0 unspecified atom stereocenters. The van der Waals surface area contributed by atoms with Gasteiger partial charge in [0.15, 0.2) is 0 Å². The molecule has 5 fully saturated rings. The first-order valence-electron chi connectivity index (χ1n) is 16.0. The number of carbonyl (C=O) groups excluding carboxylic acids is 1. The van der Waals surface area contributed by atoms with Gasteiger partial charge in [-0.3, -0.25) is 9.59 Å². The van der Waals surface area contributed by atoms with Gasteiger partial charge in [-0.25, -0.2) is 0 Å². The summed E-state index contributed by atoms with van der Waals surface area (Å²) in [6.45, 7) is 8.99. The highest BCUT2D eigenvalue weighted by atomic mass is 16.4. The number of amides is 1. The number of nitrogens with one attached hydrogen (secondary N) is 1. The standard InChI is InChI=1S/C35H48N2O4/c1-23-28(30(38)36-35-15-12-34(13-16-35,14-17-35)31(39)40)21-29(37(23)22-24-8-6-5-7-9-24)25-18-26(32(2,3)41)20-27(19-25)33(4)10-11-33/h18-21,24,41H,5-17,22H2,1-4H3,(H,36,38)(H,39,40). The molecule has 2 bridgehead atoms. The molecule has 222 valence electrons. The lowest BCUT2D eigenvalue weighted by Gasteiger charge is -2.51. The Balaban J connectivity index is 1.37. The molecular weight excluding hydrogens is 512 g/mol. The van der Waals surface area contributed by atoms with Crippen LogP contribution in [0.3, 0.4) is 0 Å². The molecule has 1 aromatic heterocycles. The normalized spacial score (nSPS) is 27.5. The van der Waals surface area contributed by atoms with Gasteiger partial charge in [0.2, 0.25) is 0 Å². The molecule has 3 N–H and O–H groups in total. The molecule has 0 aliphatic heterocycles. The molecule has 1 aromatic carbocycles. The second-order valence-corrected chi connectivity index (χ2v) is 14.9. The average molecular weight is 561 g/mol. The monoisotopic (exact) mass is 560 g/mol. The van der Waals surface area contributed by atoms with E-state index in [1.54, 1.807) is 0 Å². The van der Waals surface area contributed by atoms with Crippen LogP contribution in [0.15, 0.2) is 24.3 Å². The number of aromatic nitrogens is 1. The fourth-order valence-electron chi connectivity index (χ4n) is 7.93. The minimum Gasteiger partial charge on any atom is -0.481 e. The molecule has 6 heteroatoms. The molecule has 7 rings (SSSR count). The Morgan fingerprint density at radius 1 is 0.951 bits per heavy atom. The van der Waals surface area contributed by atoms with Crippen molar-refractivity contribution in [3.05, 3.63) is 46.6 Å². The van der Waals surface area contributed by atoms with E-state index >= 15 is 0 Å². The maximum atomic E-state index is 14.0. The van der Waals surface area contributed by atoms with E-state index in [1.165, 1.54) is 37.7 Å². The van der Waals surface area contributed by atoms with Crippen molar-refractivity contribution in [2.45, 2.75) is 134 Å². The zero-order valence-corrected chi connectivity index (χ0v) is 25.4. The van der Waals surface area contributed by atoms with Crippen molar-refractivity contribution in [3.8, 4) is 11.3 Å². The third-order valence-electron chi connectivity index (χ3n) is 11.5. The predicted octanol–water partition coefficient (Wildman–Crippen LogP) is 7.23. The van der Waals surface area contributed by atoms with E-state index in [-0.39, 0.29) is 16.9 Å². The minimum absolute atomic E-state index is 0.0381. The van der Waals surface area contributed by atoms with Gasteiger partial charge in [0, 0.05) is 23.5 Å². The van der Waals surface area contributed by atoms with Crippen LogP contribution in [0.5, 0.6) is 0 Å². The Bertz CT molecular complexity index is 1300. The number of fused-ring (bicyclic) bond motifs is 3. The molecular formula is C35H48N2O4. The molecule has 41 heavy (non-hydrogen) atoms. The SMILES string of the molecule is Cc1c(C(=O)NC23CCC(C(=O)O)(CC2)CC3)cc(-c2cc(C(C)(C)O)cc(C3(C)CC3)c2)n1CC1CCCCC1. The largest absolute Gasteiger partial charge is 0.481 e. The highest BCUT2D eigenvalue weighted by Gasteiger charge is 2.53. The lowest BCUT2D eigenvalue weighted by atomic mass is 9.57. The third-order valence-corrected chi connectivity index (χ3v) is 11.5. The molecule has 0 spiro atoms. The smallest absolute Gasteiger partial charge is 0.309 e. The van der Waals surface area contributed by atoms with Crippen molar-refractivity contribution in [2.24, 2.45) is 11.3 Å². The molecule has 0 radical (unpaired) electrons. The van der Waals surface area contributed by atoms with E-state index in [1.807, 2.05) is 13.8 Å². The fourth-order valence-corrected chi connectivity index (χ4v) is 7.93. The van der Waals surface area contributed by atoms with Crippen LogP contribution in [0.25, 0.3) is 11.3 Å². The first-order valence-corrected chi connectivity index (χ1v) is 16.0. The number of aliphatic carboxylic acids is 1. The summed E-state index contributed by atoms with van der Waals surface area (Å²) in [4.78, 5) is 25.9. The number of carbonyl (C=O) groups is 2. The van der Waals surface area contributed by atoms with Crippen molar-refractivity contribution < 1.29 is 19.8 Å². The van der Waals surface area contributed by atoms with Gasteiger partial charge in [0.25, 0.3) is 5.91 Å². The van der Waals surface area contributed by atoms with Crippen LogP contribution in [0.4, 0.5) is 0 Å². The van der Waals surface area contributed by atoms with Crippen LogP contribution in [0.2, 0.25) is 0 Å². The number of benzene rings is 1. The molecule has 2 aromatic rings. The van der Waals surface area contributed by atoms with Crippen LogP contribution in [0.1, 0.15) is 131 Å². The summed E-state index contributed by atoms with van der Waals surface area (Å²) in [5.74, 6) is -0.115. The Kier molecular flexibility index (Phi) is 6.95. The second kappa shape index (κ2) is 10.00.